The molecule has 156 valence electrons. The number of methoxy groups -OCH3 is 2. The monoisotopic (exact) mass is 410 g/mol. The van der Waals surface area contributed by atoms with Gasteiger partial charge in [0.15, 0.2) is 11.5 Å². The lowest BCUT2D eigenvalue weighted by Crippen LogP contribution is -2.27. The second kappa shape index (κ2) is 9.55. The van der Waals surface area contributed by atoms with E-state index in [9.17, 15) is 14.9 Å². The molecule has 0 aliphatic heterocycles. The topological polar surface area (TPSA) is 109 Å². The van der Waals surface area contributed by atoms with Crippen molar-refractivity contribution in [1.82, 2.24) is 15.1 Å². The Morgan fingerprint density at radius 3 is 2.53 bits per heavy atom. The SMILES string of the molecule is COc1cc(CCNC(=O)Cc2cnn(-c3ccccc3)c2)c([N+](=O)[O-])cc1OC. The molecule has 0 fully saturated rings. The first-order valence-electron chi connectivity index (χ1n) is 9.26. The van der Waals surface area contributed by atoms with Crippen molar-refractivity contribution in [3.63, 3.8) is 0 Å². The summed E-state index contributed by atoms with van der Waals surface area (Å²) in [6.07, 6.45) is 3.90. The van der Waals surface area contributed by atoms with Crippen molar-refractivity contribution < 1.29 is 19.2 Å². The molecule has 0 saturated carbocycles. The molecule has 3 aromatic rings. The van der Waals surface area contributed by atoms with Crippen molar-refractivity contribution in [2.24, 2.45) is 0 Å². The van der Waals surface area contributed by atoms with Crippen LogP contribution in [0.25, 0.3) is 5.69 Å². The first kappa shape index (κ1) is 20.8. The van der Waals surface area contributed by atoms with E-state index >= 15 is 0 Å². The first-order valence-corrected chi connectivity index (χ1v) is 9.26. The van der Waals surface area contributed by atoms with Gasteiger partial charge in [0, 0.05) is 18.3 Å². The Morgan fingerprint density at radius 1 is 1.17 bits per heavy atom. The Labute approximate surface area is 173 Å². The number of amides is 1. The Morgan fingerprint density at radius 2 is 1.87 bits per heavy atom. The van der Waals surface area contributed by atoms with Gasteiger partial charge in [-0.2, -0.15) is 5.10 Å². The van der Waals surface area contributed by atoms with Crippen molar-refractivity contribution in [3.05, 3.63) is 76.1 Å². The summed E-state index contributed by atoms with van der Waals surface area (Å²) < 4.78 is 12.0. The highest BCUT2D eigenvalue weighted by molar-refractivity contribution is 5.78. The summed E-state index contributed by atoms with van der Waals surface area (Å²) in [7, 11) is 2.88. The minimum atomic E-state index is -0.475. The standard InChI is InChI=1S/C21H22N4O5/c1-29-19-11-16(18(25(27)28)12-20(19)30-2)8-9-22-21(26)10-15-13-23-24(14-15)17-6-4-3-5-7-17/h3-7,11-14H,8-10H2,1-2H3,(H,22,26). The smallest absolute Gasteiger partial charge is 0.276 e. The maximum atomic E-state index is 12.3. The third kappa shape index (κ3) is 4.93. The third-order valence-electron chi connectivity index (χ3n) is 4.52. The van der Waals surface area contributed by atoms with Crippen LogP contribution in [-0.4, -0.2) is 41.4 Å². The fraction of sp³-hybridized carbons (Fsp3) is 0.238. The fourth-order valence-corrected chi connectivity index (χ4v) is 3.04. The van der Waals surface area contributed by atoms with Crippen molar-refractivity contribution in [3.8, 4) is 17.2 Å². The fourth-order valence-electron chi connectivity index (χ4n) is 3.04. The molecule has 0 bridgehead atoms. The highest BCUT2D eigenvalue weighted by Crippen LogP contribution is 2.34. The van der Waals surface area contributed by atoms with Gasteiger partial charge in [0.1, 0.15) is 0 Å². The van der Waals surface area contributed by atoms with E-state index in [0.29, 0.717) is 11.3 Å². The molecule has 0 atom stereocenters. The van der Waals surface area contributed by atoms with Gasteiger partial charge in [-0.3, -0.25) is 14.9 Å². The number of rotatable bonds is 9. The number of nitrogens with one attached hydrogen (secondary N) is 1. The lowest BCUT2D eigenvalue weighted by Gasteiger charge is -2.11. The summed E-state index contributed by atoms with van der Waals surface area (Å²) in [6.45, 7) is 0.252. The predicted molar refractivity (Wildman–Crippen MR) is 110 cm³/mol. The van der Waals surface area contributed by atoms with E-state index in [1.807, 2.05) is 30.3 Å². The zero-order valence-corrected chi connectivity index (χ0v) is 16.7. The summed E-state index contributed by atoms with van der Waals surface area (Å²) in [5.41, 5.74) is 2.05. The third-order valence-corrected chi connectivity index (χ3v) is 4.52. The van der Waals surface area contributed by atoms with E-state index in [2.05, 4.69) is 10.4 Å². The largest absolute Gasteiger partial charge is 0.493 e. The number of hydrogen-bond donors (Lipinski definition) is 1. The van der Waals surface area contributed by atoms with Gasteiger partial charge in [0.25, 0.3) is 5.69 Å². The predicted octanol–water partition coefficient (Wildman–Crippen LogP) is 2.70. The van der Waals surface area contributed by atoms with Crippen LogP contribution in [0.1, 0.15) is 11.1 Å². The van der Waals surface area contributed by atoms with Gasteiger partial charge >= 0.3 is 0 Å². The number of carbonyl (C=O) groups is 1. The number of nitro benzene ring substituents is 1. The second-order valence-electron chi connectivity index (χ2n) is 6.50. The number of aromatic nitrogens is 2. The second-order valence-corrected chi connectivity index (χ2v) is 6.50. The van der Waals surface area contributed by atoms with Crippen LogP contribution in [0.4, 0.5) is 5.69 Å². The van der Waals surface area contributed by atoms with E-state index in [4.69, 9.17) is 9.47 Å². The van der Waals surface area contributed by atoms with Crippen molar-refractivity contribution >= 4 is 11.6 Å². The minimum Gasteiger partial charge on any atom is -0.493 e. The molecule has 2 aromatic carbocycles. The highest BCUT2D eigenvalue weighted by Gasteiger charge is 2.19. The number of nitro groups is 1. The maximum Gasteiger partial charge on any atom is 0.276 e. The molecule has 9 heteroatoms. The van der Waals surface area contributed by atoms with Gasteiger partial charge in [-0.1, -0.05) is 18.2 Å². The van der Waals surface area contributed by atoms with E-state index < -0.39 is 4.92 Å². The van der Waals surface area contributed by atoms with Crippen molar-refractivity contribution in [2.45, 2.75) is 12.8 Å². The van der Waals surface area contributed by atoms with Crippen LogP contribution in [0.2, 0.25) is 0 Å². The molecule has 1 N–H and O–H groups in total. The molecule has 1 amide bonds. The van der Waals surface area contributed by atoms with Gasteiger partial charge in [-0.25, -0.2) is 4.68 Å². The molecule has 0 unspecified atom stereocenters. The van der Waals surface area contributed by atoms with Gasteiger partial charge in [-0.15, -0.1) is 0 Å². The zero-order valence-electron chi connectivity index (χ0n) is 16.7. The average molecular weight is 410 g/mol. The van der Waals surface area contributed by atoms with E-state index in [-0.39, 0.29) is 36.7 Å². The lowest BCUT2D eigenvalue weighted by atomic mass is 10.1. The van der Waals surface area contributed by atoms with E-state index in [1.54, 1.807) is 23.1 Å². The molecule has 9 nitrogen and oxygen atoms in total. The van der Waals surface area contributed by atoms with Gasteiger partial charge in [0.2, 0.25) is 5.91 Å². The quantitative estimate of drug-likeness (QED) is 0.429. The molecule has 30 heavy (non-hydrogen) atoms. The first-order chi connectivity index (χ1) is 14.5. The van der Waals surface area contributed by atoms with Crippen LogP contribution in [0.15, 0.2) is 54.9 Å². The Balaban J connectivity index is 1.59. The van der Waals surface area contributed by atoms with Gasteiger partial charge in [-0.05, 0) is 30.2 Å². The number of benzene rings is 2. The van der Waals surface area contributed by atoms with Crippen LogP contribution in [0.3, 0.4) is 0 Å². The Kier molecular flexibility index (Phi) is 6.63. The summed E-state index contributed by atoms with van der Waals surface area (Å²) in [5.74, 6) is 0.496. The summed E-state index contributed by atoms with van der Waals surface area (Å²) >= 11 is 0. The van der Waals surface area contributed by atoms with Crippen LogP contribution in [0.5, 0.6) is 11.5 Å². The number of para-hydroxylation sites is 1. The minimum absolute atomic E-state index is 0.0777. The zero-order chi connectivity index (χ0) is 21.5. The molecule has 0 spiro atoms. The summed E-state index contributed by atoms with van der Waals surface area (Å²) in [6, 6.07) is 12.5. The molecular formula is C21H22N4O5. The van der Waals surface area contributed by atoms with Crippen LogP contribution in [-0.2, 0) is 17.6 Å². The Hall–Kier alpha value is -3.88. The molecule has 1 aromatic heterocycles. The van der Waals surface area contributed by atoms with Crippen molar-refractivity contribution in [1.29, 1.82) is 0 Å². The number of hydrogen-bond acceptors (Lipinski definition) is 6. The molecular weight excluding hydrogens is 388 g/mol. The number of nitrogens with zero attached hydrogens (tertiary/aromatic N) is 3. The van der Waals surface area contributed by atoms with Gasteiger partial charge < -0.3 is 14.8 Å². The molecule has 3 rings (SSSR count). The normalized spacial score (nSPS) is 10.5. The van der Waals surface area contributed by atoms with Crippen LogP contribution < -0.4 is 14.8 Å². The summed E-state index contributed by atoms with van der Waals surface area (Å²) in [4.78, 5) is 23.1. The van der Waals surface area contributed by atoms with E-state index in [0.717, 1.165) is 11.3 Å². The molecule has 0 radical (unpaired) electrons. The Bertz CT molecular complexity index is 1030. The van der Waals surface area contributed by atoms with E-state index in [1.165, 1.54) is 20.3 Å². The number of carbonyl (C=O) groups excluding carboxylic acids is 1. The molecule has 0 aliphatic rings. The van der Waals surface area contributed by atoms with Crippen LogP contribution >= 0.6 is 0 Å². The summed E-state index contributed by atoms with van der Waals surface area (Å²) in [5, 5.41) is 18.4. The van der Waals surface area contributed by atoms with Crippen LogP contribution in [0, 0.1) is 10.1 Å². The van der Waals surface area contributed by atoms with Gasteiger partial charge in [0.05, 0.1) is 43.5 Å². The maximum absolute atomic E-state index is 12.3. The number of ether oxygens (including phenoxy) is 2. The molecule has 0 saturated heterocycles. The molecule has 1 heterocycles. The lowest BCUT2D eigenvalue weighted by molar-refractivity contribution is -0.385. The average Bonchev–Trinajstić information content (AvgIpc) is 3.22. The molecule has 0 aliphatic carbocycles. The highest BCUT2D eigenvalue weighted by atomic mass is 16.6. The van der Waals surface area contributed by atoms with Crippen molar-refractivity contribution in [2.75, 3.05) is 20.8 Å².